The predicted molar refractivity (Wildman–Crippen MR) is 122 cm³/mol. The number of aromatic nitrogens is 2. The fourth-order valence-corrected chi connectivity index (χ4v) is 3.91. The summed E-state index contributed by atoms with van der Waals surface area (Å²) in [6.07, 6.45) is 5.81. The second kappa shape index (κ2) is 9.78. The summed E-state index contributed by atoms with van der Waals surface area (Å²) >= 11 is 6.18. The Hall–Kier alpha value is -3.45. The first-order valence-corrected chi connectivity index (χ1v) is 10.9. The summed E-state index contributed by atoms with van der Waals surface area (Å²) < 4.78 is 1.72. The third-order valence-electron chi connectivity index (χ3n) is 5.37. The van der Waals surface area contributed by atoms with Crippen LogP contribution >= 0.6 is 11.6 Å². The van der Waals surface area contributed by atoms with E-state index in [1.54, 1.807) is 41.3 Å². The number of carbonyl (C=O) groups excluding carboxylic acids is 3. The van der Waals surface area contributed by atoms with Gasteiger partial charge in [0.2, 0.25) is 5.91 Å². The molecule has 2 aromatic carbocycles. The highest BCUT2D eigenvalue weighted by atomic mass is 35.5. The molecule has 8 heteroatoms. The van der Waals surface area contributed by atoms with E-state index in [0.717, 1.165) is 12.0 Å². The van der Waals surface area contributed by atoms with Gasteiger partial charge in [-0.2, -0.15) is 5.10 Å². The molecule has 0 saturated heterocycles. The first-order valence-electron chi connectivity index (χ1n) is 10.5. The third kappa shape index (κ3) is 4.89. The molecule has 1 N–H and O–H groups in total. The van der Waals surface area contributed by atoms with E-state index in [-0.39, 0.29) is 17.7 Å². The molecule has 0 spiro atoms. The zero-order valence-electron chi connectivity index (χ0n) is 17.5. The molecule has 1 aromatic heterocycles. The van der Waals surface area contributed by atoms with Gasteiger partial charge in [-0.15, -0.1) is 0 Å². The summed E-state index contributed by atoms with van der Waals surface area (Å²) in [4.78, 5) is 38.2. The number of benzene rings is 2. The molecule has 3 amide bonds. The lowest BCUT2D eigenvalue weighted by atomic mass is 10.1. The van der Waals surface area contributed by atoms with Crippen LogP contribution < -0.4 is 5.32 Å². The molecule has 0 unspecified atom stereocenters. The van der Waals surface area contributed by atoms with Crippen molar-refractivity contribution in [2.45, 2.75) is 32.2 Å². The largest absolute Gasteiger partial charge is 0.323 e. The van der Waals surface area contributed by atoms with Crippen molar-refractivity contribution in [1.82, 2.24) is 14.7 Å². The topological polar surface area (TPSA) is 84.3 Å². The Morgan fingerprint density at radius 2 is 1.62 bits per heavy atom. The van der Waals surface area contributed by atoms with Crippen LogP contribution in [0.15, 0.2) is 60.9 Å². The number of halogens is 1. The van der Waals surface area contributed by atoms with Crippen LogP contribution in [-0.2, 0) is 11.3 Å². The summed E-state index contributed by atoms with van der Waals surface area (Å²) in [7, 11) is 0. The number of nitrogens with zero attached hydrogens (tertiary/aromatic N) is 3. The Labute approximate surface area is 191 Å². The number of imide groups is 1. The minimum absolute atomic E-state index is 0.0944. The zero-order valence-corrected chi connectivity index (χ0v) is 18.2. The van der Waals surface area contributed by atoms with E-state index in [1.165, 1.54) is 4.90 Å². The normalized spacial score (nSPS) is 12.8. The van der Waals surface area contributed by atoms with Crippen molar-refractivity contribution in [1.29, 1.82) is 0 Å². The lowest BCUT2D eigenvalue weighted by molar-refractivity contribution is -0.116. The van der Waals surface area contributed by atoms with E-state index in [1.807, 2.05) is 24.3 Å². The summed E-state index contributed by atoms with van der Waals surface area (Å²) in [6.45, 7) is 0.885. The van der Waals surface area contributed by atoms with Gasteiger partial charge in [0, 0.05) is 24.2 Å². The molecule has 0 fully saturated rings. The second-order valence-electron chi connectivity index (χ2n) is 7.68. The first kappa shape index (κ1) is 21.8. The van der Waals surface area contributed by atoms with Crippen LogP contribution in [0.4, 0.5) is 5.69 Å². The second-order valence-corrected chi connectivity index (χ2v) is 8.09. The summed E-state index contributed by atoms with van der Waals surface area (Å²) in [5.41, 5.74) is 2.51. The number of hydrogen-bond acceptors (Lipinski definition) is 4. The number of rotatable bonds is 9. The van der Waals surface area contributed by atoms with Gasteiger partial charge in [-0.3, -0.25) is 24.0 Å². The minimum atomic E-state index is -0.239. The van der Waals surface area contributed by atoms with E-state index in [4.69, 9.17) is 11.6 Å². The van der Waals surface area contributed by atoms with Crippen LogP contribution in [0, 0.1) is 0 Å². The SMILES string of the molecule is O=C(CCCCCN1C(=O)c2ccccc2C1=O)Nc1cnn(Cc2ccccc2Cl)c1. The molecule has 0 saturated carbocycles. The molecule has 7 nitrogen and oxygen atoms in total. The number of hydrogen-bond donors (Lipinski definition) is 1. The van der Waals surface area contributed by atoms with Crippen LogP contribution in [-0.4, -0.2) is 38.9 Å². The van der Waals surface area contributed by atoms with Crippen LogP contribution in [0.25, 0.3) is 0 Å². The number of fused-ring (bicyclic) bond motifs is 1. The van der Waals surface area contributed by atoms with E-state index in [2.05, 4.69) is 10.4 Å². The zero-order chi connectivity index (χ0) is 22.5. The summed E-state index contributed by atoms with van der Waals surface area (Å²) in [6, 6.07) is 14.4. The van der Waals surface area contributed by atoms with E-state index in [9.17, 15) is 14.4 Å². The van der Waals surface area contributed by atoms with Crippen LogP contribution in [0.3, 0.4) is 0 Å². The van der Waals surface area contributed by atoms with Gasteiger partial charge in [-0.05, 0) is 36.6 Å². The monoisotopic (exact) mass is 450 g/mol. The summed E-state index contributed by atoms with van der Waals surface area (Å²) in [5.74, 6) is -0.572. The molecule has 164 valence electrons. The Morgan fingerprint density at radius 3 is 2.34 bits per heavy atom. The Balaban J connectivity index is 1.17. The van der Waals surface area contributed by atoms with Crippen molar-refractivity contribution in [2.75, 3.05) is 11.9 Å². The van der Waals surface area contributed by atoms with Gasteiger partial charge in [0.25, 0.3) is 11.8 Å². The molecule has 1 aliphatic heterocycles. The van der Waals surface area contributed by atoms with Gasteiger partial charge in [0.15, 0.2) is 0 Å². The fourth-order valence-electron chi connectivity index (χ4n) is 3.71. The van der Waals surface area contributed by atoms with Gasteiger partial charge in [-0.1, -0.05) is 48.4 Å². The number of nitrogens with one attached hydrogen (secondary N) is 1. The molecule has 4 rings (SSSR count). The average Bonchev–Trinajstić information content (AvgIpc) is 3.32. The fraction of sp³-hybridized carbons (Fsp3) is 0.250. The number of unbranched alkanes of at least 4 members (excludes halogenated alkanes) is 2. The van der Waals surface area contributed by atoms with Crippen molar-refractivity contribution >= 4 is 35.0 Å². The third-order valence-corrected chi connectivity index (χ3v) is 5.74. The van der Waals surface area contributed by atoms with Crippen molar-refractivity contribution in [2.24, 2.45) is 0 Å². The van der Waals surface area contributed by atoms with Crippen LogP contribution in [0.5, 0.6) is 0 Å². The highest BCUT2D eigenvalue weighted by molar-refractivity contribution is 6.31. The van der Waals surface area contributed by atoms with Crippen molar-refractivity contribution < 1.29 is 14.4 Å². The van der Waals surface area contributed by atoms with Crippen LogP contribution in [0.1, 0.15) is 52.0 Å². The van der Waals surface area contributed by atoms with Gasteiger partial charge in [0.1, 0.15) is 0 Å². The van der Waals surface area contributed by atoms with Gasteiger partial charge in [-0.25, -0.2) is 0 Å². The van der Waals surface area contributed by atoms with Crippen LogP contribution in [0.2, 0.25) is 5.02 Å². The Kier molecular flexibility index (Phi) is 6.66. The lowest BCUT2D eigenvalue weighted by Gasteiger charge is -2.13. The van der Waals surface area contributed by atoms with Crippen molar-refractivity contribution in [3.8, 4) is 0 Å². The molecular weight excluding hydrogens is 428 g/mol. The smallest absolute Gasteiger partial charge is 0.261 e. The van der Waals surface area contributed by atoms with Gasteiger partial charge >= 0.3 is 0 Å². The lowest BCUT2D eigenvalue weighted by Crippen LogP contribution is -2.30. The molecule has 2 heterocycles. The number of anilines is 1. The Bertz CT molecular complexity index is 1120. The maximum absolute atomic E-state index is 12.3. The van der Waals surface area contributed by atoms with Crippen molar-refractivity contribution in [3.63, 3.8) is 0 Å². The standard InChI is InChI=1S/C24H23ClN4O3/c25-21-11-6-3-8-17(21)15-28-16-18(14-26-28)27-22(30)12-2-1-7-13-29-23(31)19-9-4-5-10-20(19)24(29)32/h3-6,8-11,14,16H,1-2,7,12-13,15H2,(H,27,30). The molecule has 32 heavy (non-hydrogen) atoms. The van der Waals surface area contributed by atoms with E-state index in [0.29, 0.717) is 54.2 Å². The predicted octanol–water partition coefficient (Wildman–Crippen LogP) is 4.38. The maximum atomic E-state index is 12.3. The molecular formula is C24H23ClN4O3. The first-order chi connectivity index (χ1) is 15.5. The minimum Gasteiger partial charge on any atom is -0.323 e. The van der Waals surface area contributed by atoms with E-state index >= 15 is 0 Å². The molecule has 0 atom stereocenters. The van der Waals surface area contributed by atoms with Gasteiger partial charge in [0.05, 0.1) is 29.6 Å². The van der Waals surface area contributed by atoms with Gasteiger partial charge < -0.3 is 5.32 Å². The number of amides is 3. The molecule has 0 radical (unpaired) electrons. The average molecular weight is 451 g/mol. The quantitative estimate of drug-likeness (QED) is 0.387. The molecule has 1 aliphatic rings. The number of carbonyl (C=O) groups is 3. The molecule has 0 aliphatic carbocycles. The molecule has 3 aromatic rings. The summed E-state index contributed by atoms with van der Waals surface area (Å²) in [5, 5.41) is 7.79. The highest BCUT2D eigenvalue weighted by Gasteiger charge is 2.34. The Morgan fingerprint density at radius 1 is 0.938 bits per heavy atom. The molecule has 0 bridgehead atoms. The van der Waals surface area contributed by atoms with E-state index < -0.39 is 0 Å². The highest BCUT2D eigenvalue weighted by Crippen LogP contribution is 2.23. The van der Waals surface area contributed by atoms with Crippen molar-refractivity contribution in [3.05, 3.63) is 82.6 Å². The maximum Gasteiger partial charge on any atom is 0.261 e.